The average Bonchev–Trinajstić information content (AvgIpc) is 2.84. The number of hydrogen-bond donors (Lipinski definition) is 2. The molecule has 0 aliphatic carbocycles. The standard InChI is InChI=1S/C16H23ClN2O4/c1-10(19-15(20)23-16(2,3)4)7-18-8-11-5-12(17)14-13(6-11)21-9-22-14/h5-6,10,18H,7-9H2,1-4H3,(H,19,20). The van der Waals surface area contributed by atoms with Gasteiger partial charge in [0.25, 0.3) is 0 Å². The molecule has 0 bridgehead atoms. The molecule has 2 rings (SSSR count). The summed E-state index contributed by atoms with van der Waals surface area (Å²) >= 11 is 6.14. The minimum Gasteiger partial charge on any atom is -0.454 e. The first-order valence-corrected chi connectivity index (χ1v) is 7.90. The monoisotopic (exact) mass is 342 g/mol. The van der Waals surface area contributed by atoms with Crippen LogP contribution in [-0.4, -0.2) is 31.1 Å². The normalized spacial score (nSPS) is 14.5. The first kappa shape index (κ1) is 17.7. The van der Waals surface area contributed by atoms with Gasteiger partial charge in [-0.1, -0.05) is 11.6 Å². The molecule has 1 atom stereocenters. The number of halogens is 1. The van der Waals surface area contributed by atoms with Crippen molar-refractivity contribution >= 4 is 17.7 Å². The van der Waals surface area contributed by atoms with Crippen LogP contribution in [0.3, 0.4) is 0 Å². The van der Waals surface area contributed by atoms with Gasteiger partial charge in [0, 0.05) is 19.1 Å². The SMILES string of the molecule is CC(CNCc1cc(Cl)c2c(c1)OCO2)NC(=O)OC(C)(C)C. The van der Waals surface area contributed by atoms with E-state index in [4.69, 9.17) is 25.8 Å². The molecule has 0 saturated carbocycles. The van der Waals surface area contributed by atoms with E-state index in [2.05, 4.69) is 10.6 Å². The van der Waals surface area contributed by atoms with Gasteiger partial charge in [0.15, 0.2) is 11.5 Å². The molecule has 1 aliphatic rings. The summed E-state index contributed by atoms with van der Waals surface area (Å²) in [6.07, 6.45) is -0.419. The second kappa shape index (κ2) is 7.27. The summed E-state index contributed by atoms with van der Waals surface area (Å²) < 4.78 is 15.8. The predicted octanol–water partition coefficient (Wildman–Crippen LogP) is 3.07. The molecule has 128 valence electrons. The molecule has 1 amide bonds. The van der Waals surface area contributed by atoms with E-state index in [0.29, 0.717) is 29.6 Å². The number of hydrogen-bond acceptors (Lipinski definition) is 5. The number of carbonyl (C=O) groups excluding carboxylic acids is 1. The molecule has 23 heavy (non-hydrogen) atoms. The van der Waals surface area contributed by atoms with Crippen molar-refractivity contribution in [3.63, 3.8) is 0 Å². The minimum atomic E-state index is -0.500. The van der Waals surface area contributed by atoms with E-state index in [-0.39, 0.29) is 12.8 Å². The Balaban J connectivity index is 1.77. The highest BCUT2D eigenvalue weighted by molar-refractivity contribution is 6.32. The zero-order valence-electron chi connectivity index (χ0n) is 13.9. The minimum absolute atomic E-state index is 0.0608. The molecule has 1 heterocycles. The summed E-state index contributed by atoms with van der Waals surface area (Å²) in [5.74, 6) is 1.25. The van der Waals surface area contributed by atoms with E-state index in [0.717, 1.165) is 5.56 Å². The Bertz CT molecular complexity index is 572. The third-order valence-electron chi connectivity index (χ3n) is 3.03. The van der Waals surface area contributed by atoms with Crippen LogP contribution in [0.2, 0.25) is 5.02 Å². The number of benzene rings is 1. The molecule has 0 aromatic heterocycles. The van der Waals surface area contributed by atoms with Gasteiger partial charge in [0.2, 0.25) is 6.79 Å². The van der Waals surface area contributed by atoms with Gasteiger partial charge >= 0.3 is 6.09 Å². The van der Waals surface area contributed by atoms with Crippen LogP contribution in [0.4, 0.5) is 4.79 Å². The number of rotatable bonds is 5. The molecule has 0 spiro atoms. The zero-order valence-corrected chi connectivity index (χ0v) is 14.6. The average molecular weight is 343 g/mol. The molecule has 0 fully saturated rings. The van der Waals surface area contributed by atoms with Gasteiger partial charge in [-0.3, -0.25) is 0 Å². The number of alkyl carbamates (subject to hydrolysis) is 1. The third-order valence-corrected chi connectivity index (χ3v) is 3.31. The van der Waals surface area contributed by atoms with Crippen LogP contribution in [0.1, 0.15) is 33.3 Å². The van der Waals surface area contributed by atoms with Gasteiger partial charge < -0.3 is 24.8 Å². The zero-order chi connectivity index (χ0) is 17.0. The third kappa shape index (κ3) is 5.48. The highest BCUT2D eigenvalue weighted by Crippen LogP contribution is 2.39. The first-order valence-electron chi connectivity index (χ1n) is 7.53. The maximum atomic E-state index is 11.7. The summed E-state index contributed by atoms with van der Waals surface area (Å²) in [6, 6.07) is 3.68. The van der Waals surface area contributed by atoms with E-state index >= 15 is 0 Å². The second-order valence-electron chi connectivity index (χ2n) is 6.49. The Kier molecular flexibility index (Phi) is 5.59. The number of carbonyl (C=O) groups is 1. The van der Waals surface area contributed by atoms with E-state index in [1.54, 1.807) is 0 Å². The molecule has 1 aliphatic heterocycles. The van der Waals surface area contributed by atoms with Crippen LogP contribution in [-0.2, 0) is 11.3 Å². The number of nitrogens with one attached hydrogen (secondary N) is 2. The molecule has 0 radical (unpaired) electrons. The highest BCUT2D eigenvalue weighted by atomic mass is 35.5. The van der Waals surface area contributed by atoms with E-state index < -0.39 is 11.7 Å². The van der Waals surface area contributed by atoms with Crippen LogP contribution in [0.25, 0.3) is 0 Å². The van der Waals surface area contributed by atoms with Crippen molar-refractivity contribution in [2.45, 2.75) is 45.9 Å². The number of ether oxygens (including phenoxy) is 3. The maximum absolute atomic E-state index is 11.7. The van der Waals surface area contributed by atoms with Crippen molar-refractivity contribution in [2.75, 3.05) is 13.3 Å². The van der Waals surface area contributed by atoms with Crippen molar-refractivity contribution in [1.29, 1.82) is 0 Å². The van der Waals surface area contributed by atoms with Gasteiger partial charge in [-0.15, -0.1) is 0 Å². The van der Waals surface area contributed by atoms with Gasteiger partial charge in [0.1, 0.15) is 5.60 Å². The lowest BCUT2D eigenvalue weighted by atomic mass is 10.2. The summed E-state index contributed by atoms with van der Waals surface area (Å²) in [4.78, 5) is 11.7. The number of fused-ring (bicyclic) bond motifs is 1. The number of amides is 1. The summed E-state index contributed by atoms with van der Waals surface area (Å²) in [5, 5.41) is 6.58. The van der Waals surface area contributed by atoms with Crippen molar-refractivity contribution in [3.8, 4) is 11.5 Å². The Morgan fingerprint density at radius 3 is 2.83 bits per heavy atom. The van der Waals surface area contributed by atoms with E-state index in [1.165, 1.54) is 0 Å². The Morgan fingerprint density at radius 2 is 2.13 bits per heavy atom. The van der Waals surface area contributed by atoms with Crippen LogP contribution in [0, 0.1) is 0 Å². The fourth-order valence-electron chi connectivity index (χ4n) is 2.12. The van der Waals surface area contributed by atoms with Gasteiger partial charge in [-0.25, -0.2) is 4.79 Å². The van der Waals surface area contributed by atoms with Crippen molar-refractivity contribution in [1.82, 2.24) is 10.6 Å². The smallest absolute Gasteiger partial charge is 0.407 e. The molecule has 6 nitrogen and oxygen atoms in total. The van der Waals surface area contributed by atoms with E-state index in [1.807, 2.05) is 39.8 Å². The molecule has 1 aromatic rings. The van der Waals surface area contributed by atoms with E-state index in [9.17, 15) is 4.79 Å². The molecular formula is C16H23ClN2O4. The molecular weight excluding hydrogens is 320 g/mol. The molecule has 1 unspecified atom stereocenters. The predicted molar refractivity (Wildman–Crippen MR) is 88.1 cm³/mol. The fourth-order valence-corrected chi connectivity index (χ4v) is 2.40. The Morgan fingerprint density at radius 1 is 1.39 bits per heavy atom. The summed E-state index contributed by atoms with van der Waals surface area (Å²) in [7, 11) is 0. The van der Waals surface area contributed by atoms with Crippen molar-refractivity contribution in [3.05, 3.63) is 22.7 Å². The lowest BCUT2D eigenvalue weighted by Gasteiger charge is -2.22. The van der Waals surface area contributed by atoms with Gasteiger partial charge in [-0.05, 0) is 45.4 Å². The van der Waals surface area contributed by atoms with Crippen molar-refractivity contribution < 1.29 is 19.0 Å². The quantitative estimate of drug-likeness (QED) is 0.860. The molecule has 7 heteroatoms. The lowest BCUT2D eigenvalue weighted by molar-refractivity contribution is 0.0508. The van der Waals surface area contributed by atoms with Crippen molar-refractivity contribution in [2.24, 2.45) is 0 Å². The van der Waals surface area contributed by atoms with Crippen LogP contribution < -0.4 is 20.1 Å². The second-order valence-corrected chi connectivity index (χ2v) is 6.90. The fraction of sp³-hybridized carbons (Fsp3) is 0.562. The lowest BCUT2D eigenvalue weighted by Crippen LogP contribution is -2.42. The first-order chi connectivity index (χ1) is 10.7. The van der Waals surface area contributed by atoms with Gasteiger partial charge in [0.05, 0.1) is 5.02 Å². The summed E-state index contributed by atoms with van der Waals surface area (Å²) in [5.41, 5.74) is 0.490. The molecule has 1 aromatic carbocycles. The Labute approximate surface area is 141 Å². The molecule has 0 saturated heterocycles. The van der Waals surface area contributed by atoms with Crippen LogP contribution in [0.5, 0.6) is 11.5 Å². The molecule has 2 N–H and O–H groups in total. The largest absolute Gasteiger partial charge is 0.454 e. The van der Waals surface area contributed by atoms with Crippen LogP contribution >= 0.6 is 11.6 Å². The van der Waals surface area contributed by atoms with Crippen LogP contribution in [0.15, 0.2) is 12.1 Å². The van der Waals surface area contributed by atoms with Gasteiger partial charge in [-0.2, -0.15) is 0 Å². The maximum Gasteiger partial charge on any atom is 0.407 e. The Hall–Kier alpha value is -1.66. The summed E-state index contributed by atoms with van der Waals surface area (Å²) in [6.45, 7) is 8.81. The topological polar surface area (TPSA) is 68.8 Å². The highest BCUT2D eigenvalue weighted by Gasteiger charge is 2.19.